The van der Waals surface area contributed by atoms with Crippen LogP contribution in [0.3, 0.4) is 0 Å². The number of aromatic nitrogens is 2. The van der Waals surface area contributed by atoms with Gasteiger partial charge in [0.25, 0.3) is 15.6 Å². The van der Waals surface area contributed by atoms with Crippen LogP contribution >= 0.6 is 15.6 Å². The van der Waals surface area contributed by atoms with Crippen LogP contribution in [0.2, 0.25) is 0 Å². The van der Waals surface area contributed by atoms with Gasteiger partial charge in [-0.25, -0.2) is 9.11 Å². The minimum absolute atomic E-state index is 0. The van der Waals surface area contributed by atoms with Crippen molar-refractivity contribution in [3.05, 3.63) is 22.7 Å². The van der Waals surface area contributed by atoms with E-state index in [0.717, 1.165) is 10.8 Å². The number of nitrogens with zero attached hydrogens (tertiary/aromatic N) is 3. The fourth-order valence-electron chi connectivity index (χ4n) is 2.48. The molecular weight excluding hydrogens is 517 g/mol. The van der Waals surface area contributed by atoms with E-state index in [4.69, 9.17) is 10.5 Å². The Morgan fingerprint density at radius 2 is 1.74 bits per heavy atom. The molecule has 1 saturated heterocycles. The molecule has 0 bridgehead atoms. The maximum Gasteiger partial charge on any atom is 1.00 e. The van der Waals surface area contributed by atoms with Gasteiger partial charge in [0.15, 0.2) is 6.23 Å². The van der Waals surface area contributed by atoms with E-state index in [1.54, 1.807) is 21.1 Å². The third-order valence-electron chi connectivity index (χ3n) is 4.07. The minimum atomic E-state index is -5.43. The quantitative estimate of drug-likeness (QED) is 0.140. The summed E-state index contributed by atoms with van der Waals surface area (Å²) in [5, 5.41) is 20.2. The van der Waals surface area contributed by atoms with Gasteiger partial charge in [-0.3, -0.25) is 13.7 Å². The van der Waals surface area contributed by atoms with Crippen molar-refractivity contribution in [2.75, 3.05) is 46.6 Å². The molecule has 6 atom stereocenters. The number of hydrogen-bond acceptors (Lipinski definition) is 13. The molecule has 17 nitrogen and oxygen atoms in total. The van der Waals surface area contributed by atoms with Crippen LogP contribution in [0.1, 0.15) is 6.23 Å². The summed E-state index contributed by atoms with van der Waals surface area (Å²) >= 11 is 0. The summed E-state index contributed by atoms with van der Waals surface area (Å²) in [6.07, 6.45) is -5.01. The first-order chi connectivity index (χ1) is 14.1. The molecule has 1 aliphatic rings. The number of rotatable bonds is 10. The van der Waals surface area contributed by atoms with Gasteiger partial charge >= 0.3 is 35.2 Å². The predicted octanol–water partition coefficient (Wildman–Crippen LogP) is -7.51. The molecule has 0 saturated carbocycles. The van der Waals surface area contributed by atoms with Crippen LogP contribution in [0.4, 0.5) is 5.82 Å². The molecular formula is C14H29N4NaO13P2. The maximum atomic E-state index is 11.9. The number of aliphatic hydroxyl groups excluding tert-OH is 2. The summed E-state index contributed by atoms with van der Waals surface area (Å²) in [4.78, 5) is 38.9. The second kappa shape index (κ2) is 13.9. The number of likely N-dealkylation sites (N-methyl/N-ethyl adjacent to an activating group) is 1. The van der Waals surface area contributed by atoms with E-state index in [1.807, 2.05) is 0 Å². The van der Waals surface area contributed by atoms with Crippen LogP contribution < -0.4 is 50.8 Å². The first-order valence-electron chi connectivity index (χ1n) is 8.89. The standard InChI is InChI=1S/C14H26N4O11P2.Na.2H2O/c1-18(2,3)6-7-26-30(22,23)29-31(24,25)27-8-9-11(19)12(20)13(28-9)17-5-4-10(15)16-14(17)21;;;/h4-5,9,11-13,19-20H,6-8H2,1-3H3,(H3-,15,16,21,22,23,24,25);;2*1H2/q;+1;;/p-1/t9-,11?,12-,13-;;;/m1.../s1. The van der Waals surface area contributed by atoms with Gasteiger partial charge < -0.3 is 55.0 Å². The number of nitrogen functional groups attached to an aromatic ring is 1. The van der Waals surface area contributed by atoms with Crippen LogP contribution in [-0.4, -0.2) is 94.4 Å². The molecule has 0 spiro atoms. The third kappa shape index (κ3) is 10.8. The summed E-state index contributed by atoms with van der Waals surface area (Å²) in [6, 6.07) is 1.25. The van der Waals surface area contributed by atoms with E-state index in [1.165, 1.54) is 6.07 Å². The molecule has 0 amide bonds. The van der Waals surface area contributed by atoms with Gasteiger partial charge in [-0.2, -0.15) is 4.98 Å². The number of aliphatic hydroxyl groups is 2. The second-order valence-electron chi connectivity index (χ2n) is 7.71. The van der Waals surface area contributed by atoms with Gasteiger partial charge in [-0.1, -0.05) is 0 Å². The van der Waals surface area contributed by atoms with Crippen molar-refractivity contribution in [1.29, 1.82) is 0 Å². The van der Waals surface area contributed by atoms with Crippen LogP contribution in [0.5, 0.6) is 0 Å². The van der Waals surface area contributed by atoms with Crippen molar-refractivity contribution in [2.45, 2.75) is 24.5 Å². The smallest absolute Gasteiger partial charge is 0.756 e. The summed E-state index contributed by atoms with van der Waals surface area (Å²) < 4.78 is 42.9. The summed E-state index contributed by atoms with van der Waals surface area (Å²) in [5.41, 5.74) is 4.50. The van der Waals surface area contributed by atoms with Gasteiger partial charge in [-0.05, 0) is 6.07 Å². The number of anilines is 1. The molecule has 2 rings (SSSR count). The molecule has 3 unspecified atom stereocenters. The largest absolute Gasteiger partial charge is 1.00 e. The number of phosphoric acid groups is 2. The SMILES string of the molecule is C[N+](C)(C)CCOP(=O)([O-])OP(=O)([O-])OC[C@H]1O[C@@H](n2ccc(N)nc2=O)[C@H](O)C1O.O.O.[Na+]. The normalized spacial score (nSPS) is 25.7. The van der Waals surface area contributed by atoms with E-state index in [2.05, 4.69) is 18.3 Å². The van der Waals surface area contributed by atoms with E-state index < -0.39 is 52.5 Å². The van der Waals surface area contributed by atoms with Gasteiger partial charge in [0.1, 0.15) is 37.3 Å². The molecule has 1 aromatic heterocycles. The van der Waals surface area contributed by atoms with Crippen LogP contribution in [0, 0.1) is 0 Å². The summed E-state index contributed by atoms with van der Waals surface area (Å²) in [7, 11) is -5.36. The van der Waals surface area contributed by atoms with E-state index in [0.29, 0.717) is 4.48 Å². The Morgan fingerprint density at radius 1 is 1.18 bits per heavy atom. The Labute approximate surface area is 216 Å². The third-order valence-corrected chi connectivity index (χ3v) is 6.64. The Hall–Kier alpha value is -0.300. The van der Waals surface area contributed by atoms with E-state index in [9.17, 15) is 33.9 Å². The number of ether oxygens (including phenoxy) is 1. The average molecular weight is 546 g/mol. The molecule has 1 aromatic rings. The molecule has 1 aliphatic heterocycles. The molecule has 2 heterocycles. The van der Waals surface area contributed by atoms with Crippen molar-refractivity contribution in [3.63, 3.8) is 0 Å². The summed E-state index contributed by atoms with van der Waals surface area (Å²) in [6.45, 7) is -0.987. The Bertz CT molecular complexity index is 930. The molecule has 20 heteroatoms. The van der Waals surface area contributed by atoms with Crippen molar-refractivity contribution < 1.29 is 92.2 Å². The van der Waals surface area contributed by atoms with Crippen molar-refractivity contribution in [2.24, 2.45) is 0 Å². The predicted molar refractivity (Wildman–Crippen MR) is 107 cm³/mol. The molecule has 8 N–H and O–H groups in total. The van der Waals surface area contributed by atoms with Crippen LogP contribution in [-0.2, 0) is 27.2 Å². The maximum absolute atomic E-state index is 11.9. The second-order valence-corrected chi connectivity index (χ2v) is 10.7. The Balaban J connectivity index is 0. The molecule has 0 aromatic carbocycles. The Kier molecular flexibility index (Phi) is 14.6. The first kappa shape index (κ1) is 35.9. The summed E-state index contributed by atoms with van der Waals surface area (Å²) in [5.74, 6) is -0.0793. The zero-order chi connectivity index (χ0) is 23.6. The zero-order valence-corrected chi connectivity index (χ0v) is 22.8. The number of phosphoric ester groups is 2. The molecule has 0 radical (unpaired) electrons. The molecule has 34 heavy (non-hydrogen) atoms. The number of quaternary nitrogens is 1. The molecule has 0 aliphatic carbocycles. The van der Waals surface area contributed by atoms with E-state index in [-0.39, 0.29) is 59.5 Å². The van der Waals surface area contributed by atoms with Crippen molar-refractivity contribution in [3.8, 4) is 0 Å². The van der Waals surface area contributed by atoms with Crippen LogP contribution in [0.15, 0.2) is 17.1 Å². The van der Waals surface area contributed by atoms with Gasteiger partial charge in [0.05, 0.1) is 27.7 Å². The first-order valence-corrected chi connectivity index (χ1v) is 11.8. The van der Waals surface area contributed by atoms with Crippen LogP contribution in [0.25, 0.3) is 0 Å². The van der Waals surface area contributed by atoms with Gasteiger partial charge in [0.2, 0.25) is 0 Å². The monoisotopic (exact) mass is 546 g/mol. The fourth-order valence-corrected chi connectivity index (χ4v) is 4.47. The van der Waals surface area contributed by atoms with Gasteiger partial charge in [0, 0.05) is 6.20 Å². The van der Waals surface area contributed by atoms with E-state index >= 15 is 0 Å². The minimum Gasteiger partial charge on any atom is -0.756 e. The fraction of sp³-hybridized carbons (Fsp3) is 0.714. The zero-order valence-electron chi connectivity index (χ0n) is 19.0. The number of nitrogens with two attached hydrogens (primary N) is 1. The van der Waals surface area contributed by atoms with Gasteiger partial charge in [-0.15, -0.1) is 0 Å². The number of hydrogen-bond donors (Lipinski definition) is 3. The molecule has 1 fully saturated rings. The topological polar surface area (TPSA) is 282 Å². The van der Waals surface area contributed by atoms with Crippen molar-refractivity contribution >= 4 is 21.5 Å². The molecule has 194 valence electrons. The Morgan fingerprint density at radius 3 is 2.26 bits per heavy atom. The van der Waals surface area contributed by atoms with Crippen molar-refractivity contribution in [1.82, 2.24) is 9.55 Å². The average Bonchev–Trinajstić information content (AvgIpc) is 2.86.